The first-order chi connectivity index (χ1) is 16.5. The van der Waals surface area contributed by atoms with E-state index < -0.39 is 6.10 Å². The highest BCUT2D eigenvalue weighted by Crippen LogP contribution is 2.28. The fourth-order valence-corrected chi connectivity index (χ4v) is 3.72. The summed E-state index contributed by atoms with van der Waals surface area (Å²) in [6, 6.07) is 21.1. The summed E-state index contributed by atoms with van der Waals surface area (Å²) in [5, 5.41) is 9.00. The van der Waals surface area contributed by atoms with Crippen molar-refractivity contribution in [1.29, 1.82) is 0 Å². The van der Waals surface area contributed by atoms with E-state index in [0.29, 0.717) is 41.3 Å². The molecule has 3 aromatic carbocycles. The number of carbonyl (C=O) groups is 3. The predicted molar refractivity (Wildman–Crippen MR) is 131 cm³/mol. The molecular weight excluding hydrogens is 454 g/mol. The second-order valence-electron chi connectivity index (χ2n) is 7.90. The van der Waals surface area contributed by atoms with Gasteiger partial charge in [-0.2, -0.15) is 0 Å². The van der Waals surface area contributed by atoms with E-state index in [1.807, 2.05) is 24.3 Å². The van der Waals surface area contributed by atoms with Gasteiger partial charge in [0.05, 0.1) is 0 Å². The van der Waals surface area contributed by atoms with Crippen molar-refractivity contribution in [3.63, 3.8) is 0 Å². The summed E-state index contributed by atoms with van der Waals surface area (Å²) in [6.07, 6.45) is 0.659. The molecule has 0 saturated heterocycles. The lowest BCUT2D eigenvalue weighted by Gasteiger charge is -2.12. The van der Waals surface area contributed by atoms with Gasteiger partial charge in [0, 0.05) is 41.3 Å². The summed E-state index contributed by atoms with van der Waals surface area (Å²) in [4.78, 5) is 37.1. The van der Waals surface area contributed by atoms with Crippen LogP contribution in [-0.2, 0) is 16.0 Å². The zero-order valence-corrected chi connectivity index (χ0v) is 19.1. The molecular formula is C26H24ClN3O4. The number of rotatable bonds is 8. The van der Waals surface area contributed by atoms with Gasteiger partial charge in [-0.05, 0) is 60.5 Å². The first-order valence-corrected chi connectivity index (χ1v) is 11.3. The summed E-state index contributed by atoms with van der Waals surface area (Å²) in [5.74, 6) is 0.0365. The molecule has 7 nitrogen and oxygen atoms in total. The van der Waals surface area contributed by atoms with Crippen LogP contribution in [0.4, 0.5) is 11.4 Å². The largest absolute Gasteiger partial charge is 0.480 e. The Morgan fingerprint density at radius 2 is 1.71 bits per heavy atom. The Labute approximate surface area is 202 Å². The van der Waals surface area contributed by atoms with Crippen LogP contribution in [0, 0.1) is 0 Å². The second-order valence-corrected chi connectivity index (χ2v) is 8.34. The first-order valence-electron chi connectivity index (χ1n) is 11.0. The van der Waals surface area contributed by atoms with Gasteiger partial charge >= 0.3 is 0 Å². The fraction of sp³-hybridized carbons (Fsp3) is 0.192. The highest BCUT2D eigenvalue weighted by Gasteiger charge is 2.28. The molecule has 1 aliphatic rings. The number of para-hydroxylation sites is 1. The maximum Gasteiger partial charge on any atom is 0.265 e. The smallest absolute Gasteiger partial charge is 0.265 e. The number of hydrogen-bond acceptors (Lipinski definition) is 4. The van der Waals surface area contributed by atoms with Gasteiger partial charge in [-0.15, -0.1) is 0 Å². The topological polar surface area (TPSA) is 96.5 Å². The van der Waals surface area contributed by atoms with Gasteiger partial charge in [0.1, 0.15) is 5.75 Å². The van der Waals surface area contributed by atoms with E-state index in [9.17, 15) is 14.4 Å². The third kappa shape index (κ3) is 6.14. The van der Waals surface area contributed by atoms with Crippen molar-refractivity contribution in [2.75, 3.05) is 17.2 Å². The SMILES string of the molecule is O=C(CCCNC(=O)c1cccc(NC(=O)C2Cc3ccccc3O2)c1)Nc1ccc(Cl)cc1. The number of anilines is 2. The molecule has 174 valence electrons. The average Bonchev–Trinajstić information content (AvgIpc) is 3.28. The van der Waals surface area contributed by atoms with Gasteiger partial charge < -0.3 is 20.7 Å². The molecule has 0 aliphatic carbocycles. The minimum Gasteiger partial charge on any atom is -0.480 e. The van der Waals surface area contributed by atoms with Crippen molar-refractivity contribution in [2.24, 2.45) is 0 Å². The lowest BCUT2D eigenvalue weighted by Crippen LogP contribution is -2.31. The van der Waals surface area contributed by atoms with E-state index in [4.69, 9.17) is 16.3 Å². The standard InChI is InChI=1S/C26H24ClN3O4/c27-19-10-12-20(13-11-19)29-24(31)9-4-14-28-25(32)18-6-3-7-21(15-18)30-26(33)23-16-17-5-1-2-8-22(17)34-23/h1-3,5-8,10-13,15,23H,4,9,14,16H2,(H,28,32)(H,29,31)(H,30,33). The highest BCUT2D eigenvalue weighted by molar-refractivity contribution is 6.30. The van der Waals surface area contributed by atoms with E-state index in [2.05, 4.69) is 16.0 Å². The lowest BCUT2D eigenvalue weighted by molar-refractivity contribution is -0.122. The number of carbonyl (C=O) groups excluding carboxylic acids is 3. The molecule has 1 unspecified atom stereocenters. The van der Waals surface area contributed by atoms with Crippen LogP contribution in [0.15, 0.2) is 72.8 Å². The van der Waals surface area contributed by atoms with Gasteiger partial charge in [-0.3, -0.25) is 14.4 Å². The predicted octanol–water partition coefficient (Wildman–Crippen LogP) is 4.43. The molecule has 3 N–H and O–H groups in total. The molecule has 0 saturated carbocycles. The summed E-state index contributed by atoms with van der Waals surface area (Å²) in [6.45, 7) is 0.345. The number of amides is 3. The monoisotopic (exact) mass is 477 g/mol. The van der Waals surface area contributed by atoms with Crippen LogP contribution in [0.2, 0.25) is 5.02 Å². The highest BCUT2D eigenvalue weighted by atomic mass is 35.5. The van der Waals surface area contributed by atoms with Gasteiger partial charge in [-0.1, -0.05) is 35.9 Å². The zero-order chi connectivity index (χ0) is 23.9. The summed E-state index contributed by atoms with van der Waals surface area (Å²) >= 11 is 5.83. The number of benzene rings is 3. The Morgan fingerprint density at radius 1 is 0.912 bits per heavy atom. The van der Waals surface area contributed by atoms with Gasteiger partial charge in [-0.25, -0.2) is 0 Å². The van der Waals surface area contributed by atoms with E-state index in [1.54, 1.807) is 48.5 Å². The van der Waals surface area contributed by atoms with E-state index in [0.717, 1.165) is 11.3 Å². The van der Waals surface area contributed by atoms with E-state index in [1.165, 1.54) is 0 Å². The van der Waals surface area contributed by atoms with Crippen molar-refractivity contribution in [1.82, 2.24) is 5.32 Å². The van der Waals surface area contributed by atoms with Gasteiger partial charge in [0.25, 0.3) is 11.8 Å². The quantitative estimate of drug-likeness (QED) is 0.418. The average molecular weight is 478 g/mol. The number of nitrogens with one attached hydrogen (secondary N) is 3. The normalized spacial score (nSPS) is 14.0. The Balaban J connectivity index is 1.21. The molecule has 0 bridgehead atoms. The minimum absolute atomic E-state index is 0.141. The van der Waals surface area contributed by atoms with Crippen LogP contribution < -0.4 is 20.7 Å². The van der Waals surface area contributed by atoms with Crippen molar-refractivity contribution < 1.29 is 19.1 Å². The summed E-state index contributed by atoms with van der Waals surface area (Å²) in [7, 11) is 0. The van der Waals surface area contributed by atoms with Crippen molar-refractivity contribution in [3.8, 4) is 5.75 Å². The van der Waals surface area contributed by atoms with Gasteiger partial charge in [0.2, 0.25) is 5.91 Å². The molecule has 34 heavy (non-hydrogen) atoms. The Morgan fingerprint density at radius 3 is 2.50 bits per heavy atom. The molecule has 1 heterocycles. The summed E-state index contributed by atoms with van der Waals surface area (Å²) < 4.78 is 5.72. The molecule has 1 aliphatic heterocycles. The number of hydrogen-bond donors (Lipinski definition) is 3. The molecule has 1 atom stereocenters. The van der Waals surface area contributed by atoms with Crippen molar-refractivity contribution in [2.45, 2.75) is 25.4 Å². The lowest BCUT2D eigenvalue weighted by atomic mass is 10.1. The molecule has 0 aromatic heterocycles. The molecule has 8 heteroatoms. The maximum absolute atomic E-state index is 12.6. The van der Waals surface area contributed by atoms with Crippen molar-refractivity contribution in [3.05, 3.63) is 88.9 Å². The first kappa shape index (κ1) is 23.3. The molecule has 3 aromatic rings. The van der Waals surface area contributed by atoms with Crippen LogP contribution in [0.5, 0.6) is 5.75 Å². The Hall–Kier alpha value is -3.84. The maximum atomic E-state index is 12.6. The third-order valence-corrected chi connectivity index (χ3v) is 5.58. The van der Waals surface area contributed by atoms with Crippen LogP contribution in [0.3, 0.4) is 0 Å². The molecule has 0 spiro atoms. The van der Waals surface area contributed by atoms with Crippen LogP contribution in [-0.4, -0.2) is 30.4 Å². The van der Waals surface area contributed by atoms with Gasteiger partial charge in [0.15, 0.2) is 6.10 Å². The molecule has 4 rings (SSSR count). The molecule has 0 radical (unpaired) electrons. The number of fused-ring (bicyclic) bond motifs is 1. The van der Waals surface area contributed by atoms with Crippen LogP contribution >= 0.6 is 11.6 Å². The van der Waals surface area contributed by atoms with Crippen molar-refractivity contribution >= 4 is 40.7 Å². The van der Waals surface area contributed by atoms with Crippen LogP contribution in [0.25, 0.3) is 0 Å². The second kappa shape index (κ2) is 10.9. The zero-order valence-electron chi connectivity index (χ0n) is 18.3. The van der Waals surface area contributed by atoms with E-state index in [-0.39, 0.29) is 24.1 Å². The Bertz CT molecular complexity index is 1170. The van der Waals surface area contributed by atoms with Crippen LogP contribution in [0.1, 0.15) is 28.8 Å². The van der Waals surface area contributed by atoms with E-state index >= 15 is 0 Å². The Kier molecular flexibility index (Phi) is 7.44. The summed E-state index contributed by atoms with van der Waals surface area (Å²) in [5.41, 5.74) is 2.60. The third-order valence-electron chi connectivity index (χ3n) is 5.33. The molecule has 0 fully saturated rings. The minimum atomic E-state index is -0.603. The molecule has 3 amide bonds. The number of halogens is 1. The fourth-order valence-electron chi connectivity index (χ4n) is 3.60. The number of ether oxygens (including phenoxy) is 1.